The van der Waals surface area contributed by atoms with E-state index in [0.29, 0.717) is 6.54 Å². The van der Waals surface area contributed by atoms with Crippen molar-refractivity contribution in [1.29, 1.82) is 0 Å². The van der Waals surface area contributed by atoms with E-state index < -0.39 is 0 Å². The van der Waals surface area contributed by atoms with Crippen molar-refractivity contribution in [3.63, 3.8) is 0 Å². The number of nitrogens with zero attached hydrogens (tertiary/aromatic N) is 2. The Labute approximate surface area is 177 Å². The van der Waals surface area contributed by atoms with Crippen LogP contribution in [-0.2, 0) is 11.3 Å². The summed E-state index contributed by atoms with van der Waals surface area (Å²) in [5.41, 5.74) is 4.80. The van der Waals surface area contributed by atoms with Crippen molar-refractivity contribution in [1.82, 2.24) is 9.80 Å². The van der Waals surface area contributed by atoms with Crippen LogP contribution in [0.15, 0.2) is 84.9 Å². The van der Waals surface area contributed by atoms with Crippen LogP contribution in [0.3, 0.4) is 0 Å². The van der Waals surface area contributed by atoms with E-state index >= 15 is 0 Å². The molecule has 2 saturated heterocycles. The van der Waals surface area contributed by atoms with Gasteiger partial charge in [0.15, 0.2) is 0 Å². The fourth-order valence-electron chi connectivity index (χ4n) is 5.06. The summed E-state index contributed by atoms with van der Waals surface area (Å²) in [5.74, 6) is 0.292. The van der Waals surface area contributed by atoms with Gasteiger partial charge < -0.3 is 10.0 Å². The average molecular weight is 399 g/mol. The van der Waals surface area contributed by atoms with E-state index in [0.717, 1.165) is 13.1 Å². The number of fused-ring (bicyclic) bond motifs is 1. The highest BCUT2D eigenvalue weighted by atomic mass is 16.3. The molecular weight excluding hydrogens is 372 g/mol. The second-order valence-electron chi connectivity index (χ2n) is 8.29. The zero-order valence-electron chi connectivity index (χ0n) is 16.9. The van der Waals surface area contributed by atoms with E-state index in [1.54, 1.807) is 0 Å². The van der Waals surface area contributed by atoms with Gasteiger partial charge in [0.2, 0.25) is 5.91 Å². The monoisotopic (exact) mass is 398 g/mol. The predicted molar refractivity (Wildman–Crippen MR) is 118 cm³/mol. The first-order chi connectivity index (χ1) is 14.7. The highest BCUT2D eigenvalue weighted by Gasteiger charge is 2.53. The number of hydrogen-bond donors (Lipinski definition) is 1. The number of aliphatic hydroxyl groups excluding tert-OH is 1. The molecule has 0 spiro atoms. The number of amides is 1. The highest BCUT2D eigenvalue weighted by molar-refractivity contribution is 5.81. The van der Waals surface area contributed by atoms with E-state index in [1.165, 1.54) is 22.3 Å². The smallest absolute Gasteiger partial charge is 0.237 e. The fourth-order valence-corrected chi connectivity index (χ4v) is 5.06. The molecule has 3 atom stereocenters. The van der Waals surface area contributed by atoms with Gasteiger partial charge in [0.05, 0.1) is 25.2 Å². The number of rotatable bonds is 5. The van der Waals surface area contributed by atoms with E-state index in [1.807, 2.05) is 41.3 Å². The van der Waals surface area contributed by atoms with E-state index in [-0.39, 0.29) is 30.5 Å². The van der Waals surface area contributed by atoms with Crippen molar-refractivity contribution in [2.75, 3.05) is 19.7 Å². The van der Waals surface area contributed by atoms with E-state index in [4.69, 9.17) is 0 Å². The van der Waals surface area contributed by atoms with Crippen LogP contribution in [0, 0.1) is 0 Å². The van der Waals surface area contributed by atoms with Gasteiger partial charge in [-0.15, -0.1) is 0 Å². The predicted octanol–water partition coefficient (Wildman–Crippen LogP) is 3.52. The van der Waals surface area contributed by atoms with Crippen LogP contribution >= 0.6 is 0 Å². The normalized spacial score (nSPS) is 23.7. The molecule has 2 aliphatic heterocycles. The van der Waals surface area contributed by atoms with Crippen molar-refractivity contribution in [2.45, 2.75) is 24.5 Å². The molecule has 4 nitrogen and oxygen atoms in total. The maximum absolute atomic E-state index is 12.8. The van der Waals surface area contributed by atoms with Gasteiger partial charge in [0.25, 0.3) is 0 Å². The number of piperazine rings is 1. The fraction of sp³-hybridized carbons (Fsp3) is 0.269. The first kappa shape index (κ1) is 19.0. The Morgan fingerprint density at radius 1 is 0.833 bits per heavy atom. The van der Waals surface area contributed by atoms with Gasteiger partial charge in [-0.3, -0.25) is 9.69 Å². The minimum Gasteiger partial charge on any atom is -0.394 e. The van der Waals surface area contributed by atoms with Crippen LogP contribution in [0.1, 0.15) is 17.0 Å². The summed E-state index contributed by atoms with van der Waals surface area (Å²) in [6, 6.07) is 29.2. The third-order valence-electron chi connectivity index (χ3n) is 6.47. The molecule has 3 aromatic rings. The molecule has 1 amide bonds. The molecule has 5 rings (SSSR count). The van der Waals surface area contributed by atoms with Crippen LogP contribution in [0.4, 0.5) is 0 Å². The van der Waals surface area contributed by atoms with Crippen molar-refractivity contribution in [2.24, 2.45) is 0 Å². The highest BCUT2D eigenvalue weighted by Crippen LogP contribution is 2.43. The zero-order chi connectivity index (χ0) is 20.5. The molecule has 2 heterocycles. The van der Waals surface area contributed by atoms with Crippen LogP contribution in [-0.4, -0.2) is 52.6 Å². The molecule has 152 valence electrons. The minimum atomic E-state index is -0.121. The van der Waals surface area contributed by atoms with Crippen molar-refractivity contribution in [3.05, 3.63) is 96.1 Å². The summed E-state index contributed by atoms with van der Waals surface area (Å²) in [6.07, 6.45) is 0. The average Bonchev–Trinajstić information content (AvgIpc) is 2.77. The number of carbonyl (C=O) groups is 1. The molecule has 0 radical (unpaired) electrons. The lowest BCUT2D eigenvalue weighted by atomic mass is 9.73. The second-order valence-corrected chi connectivity index (χ2v) is 8.29. The summed E-state index contributed by atoms with van der Waals surface area (Å²) in [7, 11) is 0. The Bertz CT molecular complexity index is 1000. The summed E-state index contributed by atoms with van der Waals surface area (Å²) in [5, 5.41) is 10.0. The van der Waals surface area contributed by atoms with Gasteiger partial charge in [0, 0.05) is 19.0 Å². The molecule has 0 unspecified atom stereocenters. The maximum atomic E-state index is 12.8. The molecule has 4 heteroatoms. The molecule has 1 N–H and O–H groups in total. The summed E-state index contributed by atoms with van der Waals surface area (Å²) in [6.45, 7) is 2.04. The lowest BCUT2D eigenvalue weighted by Crippen LogP contribution is -2.72. The van der Waals surface area contributed by atoms with Gasteiger partial charge in [-0.05, 0) is 22.3 Å². The summed E-state index contributed by atoms with van der Waals surface area (Å²) >= 11 is 0. The number of hydrogen-bond acceptors (Lipinski definition) is 3. The Morgan fingerprint density at radius 3 is 2.13 bits per heavy atom. The van der Waals surface area contributed by atoms with E-state index in [9.17, 15) is 9.90 Å². The van der Waals surface area contributed by atoms with Crippen molar-refractivity contribution >= 4 is 5.91 Å². The molecule has 30 heavy (non-hydrogen) atoms. The molecule has 0 aromatic heterocycles. The van der Waals surface area contributed by atoms with Crippen LogP contribution < -0.4 is 0 Å². The molecule has 2 aliphatic rings. The number of carbonyl (C=O) groups excluding carboxylic acids is 1. The molecule has 3 aromatic carbocycles. The Hall–Kier alpha value is -2.95. The summed E-state index contributed by atoms with van der Waals surface area (Å²) in [4.78, 5) is 17.0. The maximum Gasteiger partial charge on any atom is 0.237 e. The third-order valence-corrected chi connectivity index (χ3v) is 6.47. The van der Waals surface area contributed by atoms with Gasteiger partial charge in [-0.2, -0.15) is 0 Å². The van der Waals surface area contributed by atoms with Gasteiger partial charge in [-0.1, -0.05) is 84.9 Å². The number of benzene rings is 3. The Balaban J connectivity index is 1.36. The zero-order valence-corrected chi connectivity index (χ0v) is 16.9. The SMILES string of the molecule is O=C1CN(Cc2ccccc2)C[C@@H]2[C@H](c3ccc(-c4ccccc4)cc3)[C@@H](CO)N12. The van der Waals surface area contributed by atoms with Gasteiger partial charge >= 0.3 is 0 Å². The largest absolute Gasteiger partial charge is 0.394 e. The Kier molecular flexibility index (Phi) is 5.11. The standard InChI is InChI=1S/C26H26N2O2/c29-18-24-26(22-13-11-21(12-14-22)20-9-5-2-6-10-20)23-16-27(17-25(30)28(23)24)15-19-7-3-1-4-8-19/h1-14,23-24,26,29H,15-18H2/t23-,24-,26+/m1/s1. The summed E-state index contributed by atoms with van der Waals surface area (Å²) < 4.78 is 0. The van der Waals surface area contributed by atoms with Crippen LogP contribution in [0.5, 0.6) is 0 Å². The van der Waals surface area contributed by atoms with E-state index in [2.05, 4.69) is 53.4 Å². The number of aliphatic hydroxyl groups is 1. The van der Waals surface area contributed by atoms with Crippen LogP contribution in [0.25, 0.3) is 11.1 Å². The first-order valence-corrected chi connectivity index (χ1v) is 10.6. The topological polar surface area (TPSA) is 43.8 Å². The lowest BCUT2D eigenvalue weighted by molar-refractivity contribution is -0.162. The quantitative estimate of drug-likeness (QED) is 0.715. The van der Waals surface area contributed by atoms with Crippen LogP contribution in [0.2, 0.25) is 0 Å². The second kappa shape index (κ2) is 8.05. The molecule has 0 saturated carbocycles. The molecule has 2 fully saturated rings. The van der Waals surface area contributed by atoms with Gasteiger partial charge in [0.1, 0.15) is 0 Å². The third kappa shape index (κ3) is 3.42. The molecule has 0 aliphatic carbocycles. The van der Waals surface area contributed by atoms with Gasteiger partial charge in [-0.25, -0.2) is 0 Å². The molecule has 0 bridgehead atoms. The minimum absolute atomic E-state index is 0.00598. The Morgan fingerprint density at radius 2 is 1.47 bits per heavy atom. The first-order valence-electron chi connectivity index (χ1n) is 10.6. The lowest BCUT2D eigenvalue weighted by Gasteiger charge is -2.59. The molecular formula is C26H26N2O2. The van der Waals surface area contributed by atoms with Crippen molar-refractivity contribution in [3.8, 4) is 11.1 Å². The van der Waals surface area contributed by atoms with Crippen molar-refractivity contribution < 1.29 is 9.90 Å².